The normalized spacial score (nSPS) is 23.4. The zero-order valence-electron chi connectivity index (χ0n) is 16.6. The van der Waals surface area contributed by atoms with Gasteiger partial charge in [0.15, 0.2) is 6.54 Å². The van der Waals surface area contributed by atoms with E-state index in [1.807, 2.05) is 42.5 Å². The van der Waals surface area contributed by atoms with Crippen molar-refractivity contribution < 1.29 is 14.4 Å². The highest BCUT2D eigenvalue weighted by Gasteiger charge is 2.27. The quantitative estimate of drug-likeness (QED) is 0.824. The minimum Gasteiger partial charge on any atom is -0.497 e. The van der Waals surface area contributed by atoms with E-state index in [0.29, 0.717) is 18.4 Å². The second-order valence-electron chi connectivity index (χ2n) is 7.97. The summed E-state index contributed by atoms with van der Waals surface area (Å²) in [5.41, 5.74) is 2.15. The van der Waals surface area contributed by atoms with Crippen molar-refractivity contribution in [3.63, 3.8) is 0 Å². The van der Waals surface area contributed by atoms with Crippen LogP contribution in [0.5, 0.6) is 5.75 Å². The first kappa shape index (κ1) is 19.4. The Hall–Kier alpha value is -2.33. The van der Waals surface area contributed by atoms with E-state index in [-0.39, 0.29) is 11.9 Å². The topological polar surface area (TPSA) is 42.8 Å². The Morgan fingerprint density at radius 1 is 1.04 bits per heavy atom. The molecule has 0 spiro atoms. The fraction of sp³-hybridized carbons (Fsp3) is 0.435. The maximum Gasteiger partial charge on any atom is 0.275 e. The number of methoxy groups -OCH3 is 1. The molecule has 0 aromatic heterocycles. The molecule has 3 atom stereocenters. The molecule has 4 heteroatoms. The van der Waals surface area contributed by atoms with E-state index in [2.05, 4.69) is 31.3 Å². The molecule has 2 aromatic carbocycles. The number of ether oxygens (including phenoxy) is 1. The van der Waals surface area contributed by atoms with Gasteiger partial charge in [-0.3, -0.25) is 4.79 Å². The first-order valence-electron chi connectivity index (χ1n) is 9.87. The van der Waals surface area contributed by atoms with Gasteiger partial charge >= 0.3 is 0 Å². The Labute approximate surface area is 162 Å². The Morgan fingerprint density at radius 3 is 2.22 bits per heavy atom. The summed E-state index contributed by atoms with van der Waals surface area (Å²) in [6.07, 6.45) is 1.27. The molecule has 0 saturated carbocycles. The van der Waals surface area contributed by atoms with Gasteiger partial charge in [-0.05, 0) is 29.7 Å². The van der Waals surface area contributed by atoms with Crippen LogP contribution in [0, 0.1) is 11.8 Å². The molecule has 2 aromatic rings. The number of nitrogens with one attached hydrogen (secondary N) is 2. The third-order valence-corrected chi connectivity index (χ3v) is 5.38. The maximum atomic E-state index is 12.8. The number of likely N-dealkylation sites (tertiary alicyclic amines) is 1. The molecule has 3 rings (SSSR count). The molecular weight excluding hydrogens is 336 g/mol. The average Bonchev–Trinajstić information content (AvgIpc) is 2.66. The van der Waals surface area contributed by atoms with Crippen LogP contribution in [0.4, 0.5) is 0 Å². The minimum absolute atomic E-state index is 0.107. The molecular formula is C23H31N2O2+. The van der Waals surface area contributed by atoms with Gasteiger partial charge in [-0.25, -0.2) is 0 Å². The number of benzene rings is 2. The average molecular weight is 368 g/mol. The molecule has 0 unspecified atom stereocenters. The largest absolute Gasteiger partial charge is 0.497 e. The summed E-state index contributed by atoms with van der Waals surface area (Å²) < 4.78 is 5.27. The second-order valence-corrected chi connectivity index (χ2v) is 7.97. The van der Waals surface area contributed by atoms with Crippen molar-refractivity contribution in [1.29, 1.82) is 0 Å². The number of hydrogen-bond acceptors (Lipinski definition) is 2. The van der Waals surface area contributed by atoms with Crippen LogP contribution in [-0.4, -0.2) is 32.7 Å². The molecule has 27 heavy (non-hydrogen) atoms. The maximum absolute atomic E-state index is 12.8. The van der Waals surface area contributed by atoms with Crippen molar-refractivity contribution >= 4 is 5.91 Å². The highest BCUT2D eigenvalue weighted by Crippen LogP contribution is 2.24. The van der Waals surface area contributed by atoms with Gasteiger partial charge in [0.25, 0.3) is 5.91 Å². The standard InChI is InChI=1S/C23H30N2O2/c1-17-13-18(2)15-25(14-17)16-22(26)24-23(19-7-5-4-6-8-19)20-9-11-21(27-3)12-10-20/h4-12,17-18,23H,13-16H2,1-3H3,(H,24,26)/p+1/t17-,18-,23-/m0/s1. The van der Waals surface area contributed by atoms with Gasteiger partial charge in [-0.1, -0.05) is 56.3 Å². The first-order chi connectivity index (χ1) is 13.0. The third kappa shape index (κ3) is 5.33. The molecule has 1 aliphatic heterocycles. The van der Waals surface area contributed by atoms with Gasteiger partial charge in [0, 0.05) is 11.8 Å². The summed E-state index contributed by atoms with van der Waals surface area (Å²) in [5.74, 6) is 2.29. The fourth-order valence-corrected chi connectivity index (χ4v) is 4.31. The predicted molar refractivity (Wildman–Crippen MR) is 108 cm³/mol. The van der Waals surface area contributed by atoms with Crippen LogP contribution in [0.25, 0.3) is 0 Å². The number of carbonyl (C=O) groups excluding carboxylic acids is 1. The minimum atomic E-state index is -0.149. The van der Waals surface area contributed by atoms with Gasteiger partial charge in [-0.2, -0.15) is 0 Å². The van der Waals surface area contributed by atoms with Crippen molar-refractivity contribution in [3.05, 3.63) is 65.7 Å². The van der Waals surface area contributed by atoms with Crippen molar-refractivity contribution in [1.82, 2.24) is 5.32 Å². The van der Waals surface area contributed by atoms with E-state index in [9.17, 15) is 4.79 Å². The lowest BCUT2D eigenvalue weighted by atomic mass is 9.92. The van der Waals surface area contributed by atoms with E-state index < -0.39 is 0 Å². The lowest BCUT2D eigenvalue weighted by Crippen LogP contribution is -3.15. The highest BCUT2D eigenvalue weighted by atomic mass is 16.5. The second kappa shape index (κ2) is 9.05. The van der Waals surface area contributed by atoms with Gasteiger partial charge in [0.1, 0.15) is 5.75 Å². The Balaban J connectivity index is 1.74. The number of hydrogen-bond donors (Lipinski definition) is 2. The van der Waals surface area contributed by atoms with Crippen LogP contribution in [0.2, 0.25) is 0 Å². The lowest BCUT2D eigenvalue weighted by molar-refractivity contribution is -0.904. The van der Waals surface area contributed by atoms with Crippen molar-refractivity contribution in [2.45, 2.75) is 26.3 Å². The summed E-state index contributed by atoms with van der Waals surface area (Å²) in [4.78, 5) is 14.2. The predicted octanol–water partition coefficient (Wildman–Crippen LogP) is 2.46. The summed E-state index contributed by atoms with van der Waals surface area (Å²) in [6, 6.07) is 17.9. The monoisotopic (exact) mass is 367 g/mol. The summed E-state index contributed by atoms with van der Waals surface area (Å²) >= 11 is 0. The molecule has 144 valence electrons. The number of carbonyl (C=O) groups is 1. The highest BCUT2D eigenvalue weighted by molar-refractivity contribution is 5.78. The molecule has 1 fully saturated rings. The lowest BCUT2D eigenvalue weighted by Gasteiger charge is -2.32. The molecule has 1 amide bonds. The number of amides is 1. The van der Waals surface area contributed by atoms with Crippen LogP contribution < -0.4 is 15.0 Å². The molecule has 0 bridgehead atoms. The Morgan fingerprint density at radius 2 is 1.63 bits per heavy atom. The number of quaternary nitrogens is 1. The van der Waals surface area contributed by atoms with Crippen LogP contribution in [-0.2, 0) is 4.79 Å². The number of piperidine rings is 1. The van der Waals surface area contributed by atoms with E-state index >= 15 is 0 Å². The molecule has 1 aliphatic rings. The molecule has 0 radical (unpaired) electrons. The Bertz CT molecular complexity index is 720. The smallest absolute Gasteiger partial charge is 0.275 e. The fourth-order valence-electron chi connectivity index (χ4n) is 4.31. The molecule has 4 nitrogen and oxygen atoms in total. The third-order valence-electron chi connectivity index (χ3n) is 5.38. The van der Waals surface area contributed by atoms with E-state index in [1.165, 1.54) is 11.3 Å². The summed E-state index contributed by atoms with van der Waals surface area (Å²) in [7, 11) is 1.66. The summed E-state index contributed by atoms with van der Waals surface area (Å²) in [6.45, 7) is 7.27. The first-order valence-corrected chi connectivity index (χ1v) is 9.87. The van der Waals surface area contributed by atoms with Crippen LogP contribution in [0.3, 0.4) is 0 Å². The molecule has 1 heterocycles. The number of rotatable bonds is 6. The van der Waals surface area contributed by atoms with Crippen molar-refractivity contribution in [2.75, 3.05) is 26.7 Å². The molecule has 0 aliphatic carbocycles. The van der Waals surface area contributed by atoms with Crippen LogP contribution in [0.15, 0.2) is 54.6 Å². The SMILES string of the molecule is COc1ccc([C@@H](NC(=O)C[NH+]2C[C@@H](C)C[C@H](C)C2)c2ccccc2)cc1. The van der Waals surface area contributed by atoms with E-state index in [0.717, 1.165) is 30.0 Å². The zero-order chi connectivity index (χ0) is 19.2. The molecule has 1 saturated heterocycles. The van der Waals surface area contributed by atoms with Crippen molar-refractivity contribution in [3.8, 4) is 5.75 Å². The van der Waals surface area contributed by atoms with E-state index in [1.54, 1.807) is 7.11 Å². The van der Waals surface area contributed by atoms with Crippen molar-refractivity contribution in [2.24, 2.45) is 11.8 Å². The van der Waals surface area contributed by atoms with Gasteiger partial charge in [0.2, 0.25) is 0 Å². The Kier molecular flexibility index (Phi) is 6.51. The van der Waals surface area contributed by atoms with E-state index in [4.69, 9.17) is 4.74 Å². The zero-order valence-corrected chi connectivity index (χ0v) is 16.6. The van der Waals surface area contributed by atoms with Crippen LogP contribution in [0.1, 0.15) is 37.4 Å². The summed E-state index contributed by atoms with van der Waals surface area (Å²) in [5, 5.41) is 3.26. The van der Waals surface area contributed by atoms with Gasteiger partial charge in [-0.15, -0.1) is 0 Å². The van der Waals surface area contributed by atoms with Gasteiger partial charge < -0.3 is 15.0 Å². The van der Waals surface area contributed by atoms with Gasteiger partial charge in [0.05, 0.1) is 26.2 Å². The van der Waals surface area contributed by atoms with Crippen LogP contribution >= 0.6 is 0 Å². The molecule has 2 N–H and O–H groups in total.